The Morgan fingerprint density at radius 1 is 1.03 bits per heavy atom. The van der Waals surface area contributed by atoms with Gasteiger partial charge in [-0.25, -0.2) is 8.42 Å². The maximum absolute atomic E-state index is 13.1. The van der Waals surface area contributed by atoms with Gasteiger partial charge in [0.15, 0.2) is 0 Å². The topological polar surface area (TPSA) is 73.5 Å². The number of carbonyl (C=O) groups excluding carboxylic acids is 1. The summed E-state index contributed by atoms with van der Waals surface area (Å²) in [6, 6.07) is 14.7. The summed E-state index contributed by atoms with van der Waals surface area (Å²) in [5.41, 5.74) is 4.07. The van der Waals surface area contributed by atoms with E-state index in [0.29, 0.717) is 25.2 Å². The summed E-state index contributed by atoms with van der Waals surface area (Å²) in [7, 11) is -3.53. The molecule has 3 aromatic rings. The Morgan fingerprint density at radius 2 is 1.82 bits per heavy atom. The summed E-state index contributed by atoms with van der Waals surface area (Å²) in [5, 5.41) is 1.20. The Kier molecular flexibility index (Phi) is 5.85. The van der Waals surface area contributed by atoms with Crippen molar-refractivity contribution in [3.63, 3.8) is 0 Å². The van der Waals surface area contributed by atoms with Crippen LogP contribution in [0.5, 0.6) is 0 Å². The van der Waals surface area contributed by atoms with Gasteiger partial charge in [-0.3, -0.25) is 4.79 Å². The van der Waals surface area contributed by atoms with Crippen LogP contribution in [-0.4, -0.2) is 54.2 Å². The molecule has 3 heterocycles. The molecule has 2 aliphatic heterocycles. The lowest BCUT2D eigenvalue weighted by atomic mass is 9.98. The monoisotopic (exact) mass is 463 g/mol. The van der Waals surface area contributed by atoms with Crippen LogP contribution < -0.4 is 0 Å². The predicted octanol–water partition coefficient (Wildman–Crippen LogP) is 4.66. The van der Waals surface area contributed by atoms with Crippen molar-refractivity contribution in [2.45, 2.75) is 43.5 Å². The molecular formula is C26H29N3O3S. The summed E-state index contributed by atoms with van der Waals surface area (Å²) in [6.07, 6.45) is 7.78. The second kappa shape index (κ2) is 8.80. The fourth-order valence-electron chi connectivity index (χ4n) is 4.95. The van der Waals surface area contributed by atoms with Gasteiger partial charge >= 0.3 is 0 Å². The number of piperidine rings is 1. The number of sulfonamides is 1. The van der Waals surface area contributed by atoms with Gasteiger partial charge in [-0.1, -0.05) is 30.7 Å². The van der Waals surface area contributed by atoms with Gasteiger partial charge in [0.25, 0.3) is 5.91 Å². The quantitative estimate of drug-likeness (QED) is 0.612. The second-order valence-corrected chi connectivity index (χ2v) is 10.9. The summed E-state index contributed by atoms with van der Waals surface area (Å²) >= 11 is 0. The number of rotatable bonds is 4. The van der Waals surface area contributed by atoms with Gasteiger partial charge < -0.3 is 9.88 Å². The van der Waals surface area contributed by atoms with E-state index in [1.807, 2.05) is 30.2 Å². The molecule has 2 aromatic carbocycles. The molecule has 0 bridgehead atoms. The molecule has 6 nitrogen and oxygen atoms in total. The number of nitrogens with zero attached hydrogens (tertiary/aromatic N) is 2. The Labute approximate surface area is 194 Å². The first-order valence-corrected chi connectivity index (χ1v) is 13.1. The first-order chi connectivity index (χ1) is 15.9. The normalized spacial score (nSPS) is 20.1. The number of carbonyl (C=O) groups is 1. The van der Waals surface area contributed by atoms with Crippen molar-refractivity contribution in [2.75, 3.05) is 19.6 Å². The number of H-pyrrole nitrogens is 1. The van der Waals surface area contributed by atoms with Gasteiger partial charge in [0.1, 0.15) is 0 Å². The molecule has 1 amide bonds. The molecule has 1 aromatic heterocycles. The van der Waals surface area contributed by atoms with Crippen molar-refractivity contribution >= 4 is 32.4 Å². The average molecular weight is 464 g/mol. The molecule has 172 valence electrons. The summed E-state index contributed by atoms with van der Waals surface area (Å²) in [4.78, 5) is 18.4. The van der Waals surface area contributed by atoms with E-state index in [9.17, 15) is 13.2 Å². The van der Waals surface area contributed by atoms with Gasteiger partial charge in [0.2, 0.25) is 10.0 Å². The second-order valence-electron chi connectivity index (χ2n) is 8.96. The Balaban J connectivity index is 1.29. The number of amides is 1. The third-order valence-electron chi connectivity index (χ3n) is 6.88. The highest BCUT2D eigenvalue weighted by Crippen LogP contribution is 2.30. The van der Waals surface area contributed by atoms with E-state index < -0.39 is 10.0 Å². The molecule has 2 aliphatic rings. The molecule has 0 unspecified atom stereocenters. The Bertz CT molecular complexity index is 1310. The van der Waals surface area contributed by atoms with Gasteiger partial charge in [-0.05, 0) is 62.1 Å². The standard InChI is InChI=1S/C26H29N3O3S/c1-19-6-4-5-15-29(19)33(31,32)22-11-9-21(10-12-22)26(30)28-16-13-20(14-17-28)24-18-27-25-8-3-2-7-23(24)25/h2-3,7-13,18-19,27H,4-6,14-17H2,1H3/t19-/m1/s1. The molecule has 0 radical (unpaired) electrons. The zero-order valence-corrected chi connectivity index (χ0v) is 19.6. The summed E-state index contributed by atoms with van der Waals surface area (Å²) < 4.78 is 27.7. The lowest BCUT2D eigenvalue weighted by Gasteiger charge is -2.32. The maximum atomic E-state index is 13.1. The zero-order valence-electron chi connectivity index (χ0n) is 18.8. The zero-order chi connectivity index (χ0) is 23.0. The smallest absolute Gasteiger partial charge is 0.254 e. The highest BCUT2D eigenvalue weighted by molar-refractivity contribution is 7.89. The van der Waals surface area contributed by atoms with Gasteiger partial charge in [-0.15, -0.1) is 0 Å². The van der Waals surface area contributed by atoms with E-state index in [1.165, 1.54) is 16.5 Å². The van der Waals surface area contributed by atoms with Crippen LogP contribution in [0.4, 0.5) is 0 Å². The molecule has 5 rings (SSSR count). The molecule has 0 spiro atoms. The van der Waals surface area contributed by atoms with Gasteiger partial charge in [0, 0.05) is 53.9 Å². The number of nitrogens with one attached hydrogen (secondary N) is 1. The molecule has 33 heavy (non-hydrogen) atoms. The maximum Gasteiger partial charge on any atom is 0.254 e. The van der Waals surface area contributed by atoms with Crippen molar-refractivity contribution in [3.8, 4) is 0 Å². The molecule has 7 heteroatoms. The summed E-state index contributed by atoms with van der Waals surface area (Å²) in [6.45, 7) is 3.70. The minimum Gasteiger partial charge on any atom is -0.361 e. The lowest BCUT2D eigenvalue weighted by Crippen LogP contribution is -2.41. The van der Waals surface area contributed by atoms with Crippen LogP contribution >= 0.6 is 0 Å². The third kappa shape index (κ3) is 4.11. The van der Waals surface area contributed by atoms with Crippen LogP contribution in [0.15, 0.2) is 65.7 Å². The highest BCUT2D eigenvalue weighted by Gasteiger charge is 2.31. The van der Waals surface area contributed by atoms with E-state index >= 15 is 0 Å². The van der Waals surface area contributed by atoms with Gasteiger partial charge in [-0.2, -0.15) is 4.31 Å². The number of para-hydroxylation sites is 1. The van der Waals surface area contributed by atoms with Crippen LogP contribution in [0.3, 0.4) is 0 Å². The molecule has 1 atom stereocenters. The lowest BCUT2D eigenvalue weighted by molar-refractivity contribution is 0.0772. The van der Waals surface area contributed by atoms with Crippen molar-refractivity contribution in [2.24, 2.45) is 0 Å². The third-order valence-corrected chi connectivity index (χ3v) is 8.91. The Hall–Kier alpha value is -2.90. The molecule has 0 saturated carbocycles. The molecule has 1 N–H and O–H groups in total. The number of hydrogen-bond acceptors (Lipinski definition) is 3. The summed E-state index contributed by atoms with van der Waals surface area (Å²) in [5.74, 6) is -0.0699. The van der Waals surface area contributed by atoms with Crippen molar-refractivity contribution in [1.29, 1.82) is 0 Å². The number of aromatic amines is 1. The van der Waals surface area contributed by atoms with Gasteiger partial charge in [0.05, 0.1) is 4.90 Å². The molecule has 0 aliphatic carbocycles. The largest absolute Gasteiger partial charge is 0.361 e. The van der Waals surface area contributed by atoms with E-state index in [1.54, 1.807) is 28.6 Å². The first-order valence-electron chi connectivity index (χ1n) is 11.6. The van der Waals surface area contributed by atoms with Crippen LogP contribution in [0, 0.1) is 0 Å². The first kappa shape index (κ1) is 21.9. The Morgan fingerprint density at radius 3 is 2.55 bits per heavy atom. The average Bonchev–Trinajstić information content (AvgIpc) is 3.28. The van der Waals surface area contributed by atoms with Crippen LogP contribution in [0.1, 0.15) is 48.5 Å². The minimum atomic E-state index is -3.53. The molecular weight excluding hydrogens is 434 g/mol. The van der Waals surface area contributed by atoms with Crippen LogP contribution in [0.2, 0.25) is 0 Å². The van der Waals surface area contributed by atoms with Crippen LogP contribution in [-0.2, 0) is 10.0 Å². The fourth-order valence-corrected chi connectivity index (χ4v) is 6.65. The fraction of sp³-hybridized carbons (Fsp3) is 0.346. The van der Waals surface area contributed by atoms with Crippen LogP contribution in [0.25, 0.3) is 16.5 Å². The van der Waals surface area contributed by atoms with E-state index in [2.05, 4.69) is 23.2 Å². The van der Waals surface area contributed by atoms with Crippen molar-refractivity contribution in [1.82, 2.24) is 14.2 Å². The molecule has 1 fully saturated rings. The number of aromatic nitrogens is 1. The molecule has 1 saturated heterocycles. The van der Waals surface area contributed by atoms with E-state index in [4.69, 9.17) is 0 Å². The SMILES string of the molecule is C[C@@H]1CCCCN1S(=O)(=O)c1ccc(C(=O)N2CC=C(c3c[nH]c4ccccc34)CC2)cc1. The number of fused-ring (bicyclic) bond motifs is 1. The number of hydrogen-bond donors (Lipinski definition) is 1. The highest BCUT2D eigenvalue weighted by atomic mass is 32.2. The minimum absolute atomic E-state index is 0.0107. The van der Waals surface area contributed by atoms with E-state index in [0.717, 1.165) is 31.2 Å². The number of benzene rings is 2. The predicted molar refractivity (Wildman–Crippen MR) is 130 cm³/mol. The van der Waals surface area contributed by atoms with Crippen molar-refractivity contribution in [3.05, 3.63) is 71.9 Å². The van der Waals surface area contributed by atoms with E-state index in [-0.39, 0.29) is 16.8 Å². The van der Waals surface area contributed by atoms with Crippen molar-refractivity contribution < 1.29 is 13.2 Å².